The average molecular weight is 1140 g/mol. The number of hydrogen-bond donors (Lipinski definition) is 3. The Morgan fingerprint density at radius 2 is 0.617 bits per heavy atom. The Hall–Kier alpha value is -1.92. The van der Waals surface area contributed by atoms with Crippen LogP contribution in [0.15, 0.2) is 36.5 Å². The van der Waals surface area contributed by atoms with Gasteiger partial charge in [0, 0.05) is 12.8 Å². The van der Waals surface area contributed by atoms with E-state index in [4.69, 9.17) is 4.74 Å². The number of ether oxygens (including phenoxy) is 1. The second kappa shape index (κ2) is 70.6. The lowest BCUT2D eigenvalue weighted by Gasteiger charge is -2.20. The molecule has 478 valence electrons. The van der Waals surface area contributed by atoms with Crippen LogP contribution in [-0.4, -0.2) is 47.4 Å². The molecule has 0 fully saturated rings. The second-order valence-corrected chi connectivity index (χ2v) is 25.3. The molecule has 0 aliphatic rings. The van der Waals surface area contributed by atoms with E-state index in [1.54, 1.807) is 6.08 Å². The summed E-state index contributed by atoms with van der Waals surface area (Å²) >= 11 is 0. The molecule has 81 heavy (non-hydrogen) atoms. The third-order valence-corrected chi connectivity index (χ3v) is 17.2. The van der Waals surface area contributed by atoms with Crippen LogP contribution in [0.1, 0.15) is 406 Å². The lowest BCUT2D eigenvalue weighted by molar-refractivity contribution is -0.143. The predicted molar refractivity (Wildman–Crippen MR) is 356 cm³/mol. The topological polar surface area (TPSA) is 95.9 Å². The molecule has 0 spiro atoms. The van der Waals surface area contributed by atoms with E-state index < -0.39 is 12.1 Å². The summed E-state index contributed by atoms with van der Waals surface area (Å²) in [4.78, 5) is 24.5. The fourth-order valence-electron chi connectivity index (χ4n) is 11.6. The lowest BCUT2D eigenvalue weighted by atomic mass is 10.0. The van der Waals surface area contributed by atoms with E-state index in [0.717, 1.165) is 44.9 Å². The number of aliphatic hydroxyl groups is 2. The first-order chi connectivity index (χ1) is 40.0. The number of esters is 1. The fourth-order valence-corrected chi connectivity index (χ4v) is 11.6. The SMILES string of the molecule is CCCCCCCCCCCCCC/C=C/C(O)C(CO)NC(=O)CCCCCCCCCCCCCCCCCCC/C=C\C/C=C\CCCCCCCCCCCCCCCCCOC(=O)CCCCCCCCCCCCC. The Morgan fingerprint density at radius 1 is 0.346 bits per heavy atom. The Labute approximate surface area is 506 Å². The molecule has 0 aromatic heterocycles. The number of aliphatic hydroxyl groups excluding tert-OH is 2. The van der Waals surface area contributed by atoms with E-state index >= 15 is 0 Å². The van der Waals surface area contributed by atoms with Gasteiger partial charge < -0.3 is 20.3 Å². The zero-order valence-electron chi connectivity index (χ0n) is 54.8. The molecule has 0 radical (unpaired) electrons. The largest absolute Gasteiger partial charge is 0.466 e. The van der Waals surface area contributed by atoms with E-state index in [2.05, 4.69) is 43.5 Å². The van der Waals surface area contributed by atoms with E-state index in [1.165, 1.54) is 334 Å². The minimum absolute atomic E-state index is 0.0202. The van der Waals surface area contributed by atoms with Crippen LogP contribution in [0, 0.1) is 0 Å². The van der Waals surface area contributed by atoms with Crippen molar-refractivity contribution in [3.63, 3.8) is 0 Å². The van der Waals surface area contributed by atoms with Gasteiger partial charge in [0.05, 0.1) is 25.4 Å². The quantitative estimate of drug-likeness (QED) is 0.0320. The summed E-state index contributed by atoms with van der Waals surface area (Å²) in [6, 6.07) is -0.625. The number of allylic oxidation sites excluding steroid dienone is 5. The summed E-state index contributed by atoms with van der Waals surface area (Å²) in [5, 5.41) is 23.1. The van der Waals surface area contributed by atoms with Crippen LogP contribution in [0.3, 0.4) is 0 Å². The maximum absolute atomic E-state index is 12.5. The monoisotopic (exact) mass is 1140 g/mol. The number of carbonyl (C=O) groups excluding carboxylic acids is 2. The standard InChI is InChI=1S/C75H143NO5/c1-3-5-7-9-11-13-15-16-44-48-51-55-59-63-67-73(78)72(71-77)76-74(79)68-64-60-56-52-49-45-42-40-38-36-34-32-30-28-26-24-22-20-18-17-19-21-23-25-27-29-31-33-35-37-39-41-43-46-50-54-58-62-66-70-81-75(80)69-65-61-57-53-47-14-12-10-8-6-4-2/h17-18,21,23,63,67,72-73,77-78H,3-16,19-20,22,24-62,64-66,68-71H2,1-2H3,(H,76,79)/b18-17-,23-21-,67-63+. The number of rotatable bonds is 69. The summed E-state index contributed by atoms with van der Waals surface area (Å²) in [5.74, 6) is -0.0428. The maximum atomic E-state index is 12.5. The van der Waals surface area contributed by atoms with Gasteiger partial charge in [0.15, 0.2) is 0 Å². The van der Waals surface area contributed by atoms with Crippen molar-refractivity contribution in [2.24, 2.45) is 0 Å². The summed E-state index contributed by atoms with van der Waals surface area (Å²) in [5.41, 5.74) is 0. The van der Waals surface area contributed by atoms with Crippen molar-refractivity contribution in [3.05, 3.63) is 36.5 Å². The molecule has 0 aliphatic heterocycles. The summed E-state index contributed by atoms with van der Waals surface area (Å²) in [6.07, 6.45) is 91.1. The molecule has 1 amide bonds. The third kappa shape index (κ3) is 67.1. The van der Waals surface area contributed by atoms with Crippen LogP contribution in [0.25, 0.3) is 0 Å². The number of hydrogen-bond acceptors (Lipinski definition) is 5. The highest BCUT2D eigenvalue weighted by Crippen LogP contribution is 2.19. The predicted octanol–water partition coefficient (Wildman–Crippen LogP) is 23.9. The van der Waals surface area contributed by atoms with Gasteiger partial charge in [0.25, 0.3) is 0 Å². The molecular formula is C75H143NO5. The van der Waals surface area contributed by atoms with E-state index in [1.807, 2.05) is 6.08 Å². The average Bonchev–Trinajstić information content (AvgIpc) is 3.47. The van der Waals surface area contributed by atoms with E-state index in [9.17, 15) is 19.8 Å². The van der Waals surface area contributed by atoms with Gasteiger partial charge in [-0.1, -0.05) is 365 Å². The summed E-state index contributed by atoms with van der Waals surface area (Å²) in [7, 11) is 0. The first-order valence-corrected chi connectivity index (χ1v) is 36.8. The van der Waals surface area contributed by atoms with Gasteiger partial charge in [-0.2, -0.15) is 0 Å². The second-order valence-electron chi connectivity index (χ2n) is 25.3. The molecule has 0 saturated heterocycles. The van der Waals surface area contributed by atoms with Crippen molar-refractivity contribution in [1.82, 2.24) is 5.32 Å². The van der Waals surface area contributed by atoms with Gasteiger partial charge in [-0.05, 0) is 64.2 Å². The molecule has 0 rings (SSSR count). The van der Waals surface area contributed by atoms with Crippen molar-refractivity contribution < 1.29 is 24.5 Å². The first-order valence-electron chi connectivity index (χ1n) is 36.8. The molecule has 0 aromatic carbocycles. The van der Waals surface area contributed by atoms with E-state index in [-0.39, 0.29) is 18.5 Å². The molecule has 0 aromatic rings. The van der Waals surface area contributed by atoms with Gasteiger partial charge in [0.1, 0.15) is 0 Å². The van der Waals surface area contributed by atoms with Crippen LogP contribution in [-0.2, 0) is 14.3 Å². The van der Waals surface area contributed by atoms with Gasteiger partial charge in [-0.15, -0.1) is 0 Å². The Balaban J connectivity index is 3.36. The van der Waals surface area contributed by atoms with Crippen LogP contribution in [0.4, 0.5) is 0 Å². The van der Waals surface area contributed by atoms with Crippen LogP contribution < -0.4 is 5.32 Å². The van der Waals surface area contributed by atoms with Crippen LogP contribution in [0.2, 0.25) is 0 Å². The highest BCUT2D eigenvalue weighted by molar-refractivity contribution is 5.76. The maximum Gasteiger partial charge on any atom is 0.305 e. The lowest BCUT2D eigenvalue weighted by Crippen LogP contribution is -2.45. The third-order valence-electron chi connectivity index (χ3n) is 17.2. The highest BCUT2D eigenvalue weighted by Gasteiger charge is 2.18. The van der Waals surface area contributed by atoms with E-state index in [0.29, 0.717) is 19.4 Å². The molecule has 3 N–H and O–H groups in total. The molecule has 2 atom stereocenters. The first kappa shape index (κ1) is 79.1. The highest BCUT2D eigenvalue weighted by atomic mass is 16.5. The minimum atomic E-state index is -0.842. The molecule has 6 heteroatoms. The van der Waals surface area contributed by atoms with Gasteiger partial charge in [-0.25, -0.2) is 0 Å². The normalized spacial score (nSPS) is 12.7. The zero-order valence-corrected chi connectivity index (χ0v) is 54.8. The van der Waals surface area contributed by atoms with Crippen molar-refractivity contribution in [2.45, 2.75) is 418 Å². The van der Waals surface area contributed by atoms with Gasteiger partial charge >= 0.3 is 5.97 Å². The van der Waals surface area contributed by atoms with Gasteiger partial charge in [0.2, 0.25) is 5.91 Å². The van der Waals surface area contributed by atoms with Crippen molar-refractivity contribution in [1.29, 1.82) is 0 Å². The van der Waals surface area contributed by atoms with Crippen LogP contribution >= 0.6 is 0 Å². The van der Waals surface area contributed by atoms with Crippen molar-refractivity contribution in [2.75, 3.05) is 13.2 Å². The minimum Gasteiger partial charge on any atom is -0.466 e. The molecule has 0 saturated carbocycles. The Morgan fingerprint density at radius 3 is 0.938 bits per heavy atom. The van der Waals surface area contributed by atoms with Crippen LogP contribution in [0.5, 0.6) is 0 Å². The summed E-state index contributed by atoms with van der Waals surface area (Å²) in [6.45, 7) is 4.93. The molecular weight excluding hydrogens is 995 g/mol. The Kier molecular flexibility index (Phi) is 68.9. The van der Waals surface area contributed by atoms with Crippen molar-refractivity contribution in [3.8, 4) is 0 Å². The van der Waals surface area contributed by atoms with Crippen molar-refractivity contribution >= 4 is 11.9 Å². The fraction of sp³-hybridized carbons (Fsp3) is 0.893. The molecule has 6 nitrogen and oxygen atoms in total. The number of unbranched alkanes of at least 4 members (excludes halogenated alkanes) is 54. The summed E-state index contributed by atoms with van der Waals surface area (Å²) < 4.78 is 5.48. The molecule has 2 unspecified atom stereocenters. The zero-order chi connectivity index (χ0) is 58.5. The number of amides is 1. The molecule has 0 bridgehead atoms. The molecule has 0 heterocycles. The van der Waals surface area contributed by atoms with Gasteiger partial charge in [-0.3, -0.25) is 9.59 Å². The Bertz CT molecular complexity index is 1310. The smallest absolute Gasteiger partial charge is 0.305 e. The number of carbonyl (C=O) groups is 2. The molecule has 0 aliphatic carbocycles. The number of nitrogens with one attached hydrogen (secondary N) is 1.